The summed E-state index contributed by atoms with van der Waals surface area (Å²) in [6.45, 7) is 0.196. The molecular weight excluding hydrogens is 432 g/mol. The van der Waals surface area contributed by atoms with Crippen molar-refractivity contribution in [3.05, 3.63) is 59.7 Å². The second-order valence-corrected chi connectivity index (χ2v) is 9.69. The minimum atomic E-state index is -0.811. The number of alkyl carbamates (subject to hydrolysis) is 1. The predicted molar refractivity (Wildman–Crippen MR) is 126 cm³/mol. The van der Waals surface area contributed by atoms with Gasteiger partial charge >= 0.3 is 12.1 Å². The second kappa shape index (κ2) is 9.49. The molecule has 2 aromatic carbocycles. The lowest BCUT2D eigenvalue weighted by atomic mass is 9.85. The molecule has 3 aliphatic carbocycles. The summed E-state index contributed by atoms with van der Waals surface area (Å²) in [6, 6.07) is 15.5. The molecule has 2 amide bonds. The molecule has 3 unspecified atom stereocenters. The van der Waals surface area contributed by atoms with Gasteiger partial charge in [0.25, 0.3) is 0 Å². The number of benzene rings is 2. The van der Waals surface area contributed by atoms with Crippen LogP contribution in [0.5, 0.6) is 0 Å². The number of aliphatic carboxylic acids is 1. The fourth-order valence-electron chi connectivity index (χ4n) is 5.43. The van der Waals surface area contributed by atoms with Gasteiger partial charge in [0.15, 0.2) is 0 Å². The van der Waals surface area contributed by atoms with Gasteiger partial charge in [-0.15, -0.1) is 0 Å². The summed E-state index contributed by atoms with van der Waals surface area (Å²) in [5.74, 6) is -1.42. The molecule has 0 spiro atoms. The van der Waals surface area contributed by atoms with Crippen LogP contribution in [0.25, 0.3) is 11.1 Å². The highest BCUT2D eigenvalue weighted by Crippen LogP contribution is 2.44. The van der Waals surface area contributed by atoms with E-state index in [4.69, 9.17) is 4.74 Å². The number of amides is 2. The Labute approximate surface area is 198 Å². The van der Waals surface area contributed by atoms with Crippen molar-refractivity contribution in [3.63, 3.8) is 0 Å². The van der Waals surface area contributed by atoms with Gasteiger partial charge in [-0.2, -0.15) is 0 Å². The van der Waals surface area contributed by atoms with E-state index >= 15 is 0 Å². The molecule has 3 aliphatic rings. The third-order valence-electron chi connectivity index (χ3n) is 7.36. The fourth-order valence-corrected chi connectivity index (χ4v) is 5.43. The van der Waals surface area contributed by atoms with Crippen LogP contribution in [0, 0.1) is 11.8 Å². The molecular formula is C27H30N2O5. The van der Waals surface area contributed by atoms with Crippen molar-refractivity contribution < 1.29 is 24.2 Å². The Morgan fingerprint density at radius 1 is 0.941 bits per heavy atom. The topological polar surface area (TPSA) is 105 Å². The van der Waals surface area contributed by atoms with Gasteiger partial charge in [0, 0.05) is 12.0 Å². The standard InChI is InChI=1S/C27H30N2O5/c30-25(28-18-7-5-6-17(14-18)26(31)32)24(16-12-13-16)29-27(33)34-15-23-21-10-3-1-8-19(21)20-9-2-4-11-22(20)23/h1-4,8-11,16-18,23-24H,5-7,12-15H2,(H,28,30)(H,29,33)(H,31,32). The molecule has 0 aliphatic heterocycles. The van der Waals surface area contributed by atoms with Gasteiger partial charge in [-0.05, 0) is 60.3 Å². The van der Waals surface area contributed by atoms with E-state index in [0.717, 1.165) is 47.9 Å². The van der Waals surface area contributed by atoms with E-state index in [0.29, 0.717) is 12.8 Å². The number of nitrogens with one attached hydrogen (secondary N) is 2. The summed E-state index contributed by atoms with van der Waals surface area (Å²) in [6.07, 6.45) is 3.78. The number of carboxylic acids is 1. The number of carbonyl (C=O) groups is 3. The first kappa shape index (κ1) is 22.4. The van der Waals surface area contributed by atoms with Crippen LogP contribution < -0.4 is 10.6 Å². The van der Waals surface area contributed by atoms with Crippen molar-refractivity contribution in [3.8, 4) is 11.1 Å². The molecule has 7 nitrogen and oxygen atoms in total. The van der Waals surface area contributed by atoms with Crippen LogP contribution in [0.4, 0.5) is 4.79 Å². The molecule has 3 atom stereocenters. The number of rotatable bonds is 7. The van der Waals surface area contributed by atoms with Crippen molar-refractivity contribution >= 4 is 18.0 Å². The minimum Gasteiger partial charge on any atom is -0.481 e. The van der Waals surface area contributed by atoms with Crippen molar-refractivity contribution in [2.24, 2.45) is 11.8 Å². The first-order valence-electron chi connectivity index (χ1n) is 12.2. The Morgan fingerprint density at radius 3 is 2.21 bits per heavy atom. The van der Waals surface area contributed by atoms with Crippen molar-refractivity contribution in [2.45, 2.75) is 56.5 Å². The number of carboxylic acid groups (broad SMARTS) is 1. The van der Waals surface area contributed by atoms with Gasteiger partial charge in [0.05, 0.1) is 5.92 Å². The molecule has 3 N–H and O–H groups in total. The zero-order chi connectivity index (χ0) is 23.7. The molecule has 0 saturated heterocycles. The average Bonchev–Trinajstić information content (AvgIpc) is 3.64. The van der Waals surface area contributed by atoms with Crippen LogP contribution in [0.15, 0.2) is 48.5 Å². The zero-order valence-corrected chi connectivity index (χ0v) is 19.0. The highest BCUT2D eigenvalue weighted by Gasteiger charge is 2.39. The quantitative estimate of drug-likeness (QED) is 0.576. The largest absolute Gasteiger partial charge is 0.481 e. The molecule has 2 fully saturated rings. The third-order valence-corrected chi connectivity index (χ3v) is 7.36. The minimum absolute atomic E-state index is 0.0402. The van der Waals surface area contributed by atoms with Crippen LogP contribution in [-0.2, 0) is 14.3 Å². The summed E-state index contributed by atoms with van der Waals surface area (Å²) in [7, 11) is 0. The Balaban J connectivity index is 1.20. The molecule has 2 aromatic rings. The van der Waals surface area contributed by atoms with Crippen LogP contribution >= 0.6 is 0 Å². The summed E-state index contributed by atoms with van der Waals surface area (Å²) >= 11 is 0. The van der Waals surface area contributed by atoms with Crippen LogP contribution in [-0.4, -0.2) is 41.8 Å². The number of hydrogen-bond donors (Lipinski definition) is 3. The van der Waals surface area contributed by atoms with E-state index in [1.807, 2.05) is 24.3 Å². The fraction of sp³-hybridized carbons (Fsp3) is 0.444. The second-order valence-electron chi connectivity index (χ2n) is 9.69. The van der Waals surface area contributed by atoms with E-state index in [1.54, 1.807) is 0 Å². The van der Waals surface area contributed by atoms with E-state index in [2.05, 4.69) is 34.9 Å². The monoisotopic (exact) mass is 462 g/mol. The summed E-state index contributed by atoms with van der Waals surface area (Å²) in [5.41, 5.74) is 4.60. The third kappa shape index (κ3) is 4.65. The summed E-state index contributed by atoms with van der Waals surface area (Å²) in [4.78, 5) is 37.0. The maximum absolute atomic E-state index is 13.0. The number of ether oxygens (including phenoxy) is 1. The lowest BCUT2D eigenvalue weighted by molar-refractivity contribution is -0.143. The molecule has 0 bridgehead atoms. The normalized spacial score (nSPS) is 22.2. The van der Waals surface area contributed by atoms with Crippen LogP contribution in [0.2, 0.25) is 0 Å². The molecule has 0 radical (unpaired) electrons. The molecule has 0 aromatic heterocycles. The van der Waals surface area contributed by atoms with Gasteiger partial charge in [-0.3, -0.25) is 9.59 Å². The molecule has 7 heteroatoms. The Hall–Kier alpha value is -3.35. The van der Waals surface area contributed by atoms with Gasteiger partial charge in [0.1, 0.15) is 12.6 Å². The lowest BCUT2D eigenvalue weighted by Gasteiger charge is -2.29. The van der Waals surface area contributed by atoms with Crippen molar-refractivity contribution in [1.82, 2.24) is 10.6 Å². The van der Waals surface area contributed by atoms with E-state index in [1.165, 1.54) is 0 Å². The van der Waals surface area contributed by atoms with Gasteiger partial charge < -0.3 is 20.5 Å². The van der Waals surface area contributed by atoms with E-state index in [9.17, 15) is 19.5 Å². The highest BCUT2D eigenvalue weighted by atomic mass is 16.5. The van der Waals surface area contributed by atoms with Crippen LogP contribution in [0.1, 0.15) is 55.6 Å². The molecule has 5 rings (SSSR count). The predicted octanol–water partition coefficient (Wildman–Crippen LogP) is 4.06. The Morgan fingerprint density at radius 2 is 1.59 bits per heavy atom. The first-order chi connectivity index (χ1) is 16.5. The molecule has 2 saturated carbocycles. The maximum atomic E-state index is 13.0. The number of carbonyl (C=O) groups excluding carboxylic acids is 2. The molecule has 0 heterocycles. The maximum Gasteiger partial charge on any atom is 0.407 e. The van der Waals surface area contributed by atoms with Crippen LogP contribution in [0.3, 0.4) is 0 Å². The average molecular weight is 463 g/mol. The van der Waals surface area contributed by atoms with E-state index in [-0.39, 0.29) is 30.4 Å². The van der Waals surface area contributed by atoms with E-state index < -0.39 is 24.0 Å². The van der Waals surface area contributed by atoms with Crippen molar-refractivity contribution in [1.29, 1.82) is 0 Å². The smallest absolute Gasteiger partial charge is 0.407 e. The summed E-state index contributed by atoms with van der Waals surface area (Å²) < 4.78 is 5.63. The SMILES string of the molecule is O=C(NC(C(=O)NC1CCCC(C(=O)O)C1)C1CC1)OCC1c2ccccc2-c2ccccc21. The van der Waals surface area contributed by atoms with Gasteiger partial charge in [0.2, 0.25) is 5.91 Å². The summed E-state index contributed by atoms with van der Waals surface area (Å²) in [5, 5.41) is 15.1. The highest BCUT2D eigenvalue weighted by molar-refractivity contribution is 5.86. The number of hydrogen-bond acceptors (Lipinski definition) is 4. The van der Waals surface area contributed by atoms with Gasteiger partial charge in [-0.1, -0.05) is 55.0 Å². The Bertz CT molecular complexity index is 1050. The molecule has 178 valence electrons. The molecule has 34 heavy (non-hydrogen) atoms. The van der Waals surface area contributed by atoms with Crippen molar-refractivity contribution in [2.75, 3.05) is 6.61 Å². The zero-order valence-electron chi connectivity index (χ0n) is 19.0. The first-order valence-corrected chi connectivity index (χ1v) is 12.2. The van der Waals surface area contributed by atoms with Gasteiger partial charge in [-0.25, -0.2) is 4.79 Å². The lowest BCUT2D eigenvalue weighted by Crippen LogP contribution is -2.52. The Kier molecular flexibility index (Phi) is 6.26. The number of fused-ring (bicyclic) bond motifs is 3.